The summed E-state index contributed by atoms with van der Waals surface area (Å²) in [5.41, 5.74) is 7.20. The van der Waals surface area contributed by atoms with Crippen molar-refractivity contribution in [2.45, 2.75) is 51.5 Å². The first-order valence-corrected chi connectivity index (χ1v) is 9.18. The highest BCUT2D eigenvalue weighted by molar-refractivity contribution is 9.10. The van der Waals surface area contributed by atoms with E-state index in [0.29, 0.717) is 5.41 Å². The maximum atomic E-state index is 6.77. The van der Waals surface area contributed by atoms with Crippen molar-refractivity contribution in [1.82, 2.24) is 0 Å². The molecular formula is C16H22BrNS. The molecule has 0 radical (unpaired) electrons. The van der Waals surface area contributed by atoms with Crippen LogP contribution in [0.4, 0.5) is 0 Å². The average Bonchev–Trinajstić information content (AvgIpc) is 2.67. The van der Waals surface area contributed by atoms with Crippen molar-refractivity contribution in [2.75, 3.05) is 0 Å². The molecular weight excluding hydrogens is 318 g/mol. The molecule has 0 amide bonds. The molecule has 0 aliphatic heterocycles. The highest BCUT2D eigenvalue weighted by Gasteiger charge is 2.53. The Kier molecular flexibility index (Phi) is 2.92. The Morgan fingerprint density at radius 1 is 1.21 bits per heavy atom. The van der Waals surface area contributed by atoms with E-state index in [1.54, 1.807) is 0 Å². The molecule has 19 heavy (non-hydrogen) atoms. The molecule has 0 saturated heterocycles. The van der Waals surface area contributed by atoms with Crippen LogP contribution in [-0.4, -0.2) is 0 Å². The summed E-state index contributed by atoms with van der Waals surface area (Å²) in [6.45, 7) is 2.19. The summed E-state index contributed by atoms with van der Waals surface area (Å²) < 4.78 is 1.24. The third-order valence-electron chi connectivity index (χ3n) is 5.93. The number of aryl methyl sites for hydroxylation is 1. The van der Waals surface area contributed by atoms with Gasteiger partial charge in [-0.1, -0.05) is 0 Å². The Morgan fingerprint density at radius 2 is 1.74 bits per heavy atom. The molecule has 3 heteroatoms. The Hall–Kier alpha value is 0.140. The van der Waals surface area contributed by atoms with Gasteiger partial charge >= 0.3 is 0 Å². The standard InChI is InChI=1S/C16H22BrNS/c1-9-13(17)5-14(19-9)15(18)16-6-10-2-11(7-16)4-12(3-10)8-16/h5,10-12,15H,2-4,6-8,18H2,1H3. The first kappa shape index (κ1) is 12.8. The van der Waals surface area contributed by atoms with Crippen molar-refractivity contribution in [1.29, 1.82) is 0 Å². The normalized spacial score (nSPS) is 41.7. The largest absolute Gasteiger partial charge is 0.323 e. The summed E-state index contributed by atoms with van der Waals surface area (Å²) in [4.78, 5) is 2.78. The monoisotopic (exact) mass is 339 g/mol. The van der Waals surface area contributed by atoms with Gasteiger partial charge in [0.2, 0.25) is 0 Å². The highest BCUT2D eigenvalue weighted by atomic mass is 79.9. The molecule has 4 aliphatic carbocycles. The highest BCUT2D eigenvalue weighted by Crippen LogP contribution is 2.63. The quantitative estimate of drug-likeness (QED) is 0.802. The van der Waals surface area contributed by atoms with E-state index in [-0.39, 0.29) is 6.04 Å². The zero-order valence-electron chi connectivity index (χ0n) is 11.5. The van der Waals surface area contributed by atoms with E-state index in [0.717, 1.165) is 17.8 Å². The Morgan fingerprint density at radius 3 is 2.16 bits per heavy atom. The van der Waals surface area contributed by atoms with E-state index in [1.165, 1.54) is 52.8 Å². The van der Waals surface area contributed by atoms with Crippen molar-refractivity contribution in [2.24, 2.45) is 28.9 Å². The number of halogens is 1. The second-order valence-electron chi connectivity index (χ2n) is 7.31. The predicted molar refractivity (Wildman–Crippen MR) is 84.3 cm³/mol. The van der Waals surface area contributed by atoms with E-state index in [2.05, 4.69) is 28.9 Å². The lowest BCUT2D eigenvalue weighted by molar-refractivity contribution is -0.0672. The smallest absolute Gasteiger partial charge is 0.0447 e. The van der Waals surface area contributed by atoms with Crippen LogP contribution >= 0.6 is 27.3 Å². The van der Waals surface area contributed by atoms with Gasteiger partial charge in [0.1, 0.15) is 0 Å². The maximum Gasteiger partial charge on any atom is 0.0447 e. The van der Waals surface area contributed by atoms with Crippen LogP contribution in [0.5, 0.6) is 0 Å². The van der Waals surface area contributed by atoms with Gasteiger partial charge in [0.25, 0.3) is 0 Å². The molecule has 0 spiro atoms. The van der Waals surface area contributed by atoms with E-state index in [9.17, 15) is 0 Å². The summed E-state index contributed by atoms with van der Waals surface area (Å²) in [5, 5.41) is 0. The minimum absolute atomic E-state index is 0.274. The molecule has 0 aromatic carbocycles. The van der Waals surface area contributed by atoms with Crippen molar-refractivity contribution < 1.29 is 0 Å². The molecule has 4 bridgehead atoms. The summed E-state index contributed by atoms with van der Waals surface area (Å²) >= 11 is 5.55. The summed E-state index contributed by atoms with van der Waals surface area (Å²) in [6.07, 6.45) is 8.69. The van der Waals surface area contributed by atoms with E-state index in [4.69, 9.17) is 5.73 Å². The fourth-order valence-electron chi connectivity index (χ4n) is 5.50. The molecule has 1 aromatic rings. The average molecular weight is 340 g/mol. The van der Waals surface area contributed by atoms with Gasteiger partial charge < -0.3 is 5.73 Å². The third kappa shape index (κ3) is 1.96. The Bertz CT molecular complexity index is 452. The first-order valence-electron chi connectivity index (χ1n) is 7.57. The topological polar surface area (TPSA) is 26.0 Å². The Balaban J connectivity index is 1.67. The van der Waals surface area contributed by atoms with E-state index in [1.807, 2.05) is 11.3 Å². The van der Waals surface area contributed by atoms with Crippen LogP contribution < -0.4 is 5.73 Å². The van der Waals surface area contributed by atoms with Crippen molar-refractivity contribution in [3.05, 3.63) is 20.3 Å². The molecule has 4 aliphatic rings. The van der Waals surface area contributed by atoms with Gasteiger partial charge in [0, 0.05) is 20.3 Å². The molecule has 1 nitrogen and oxygen atoms in total. The lowest BCUT2D eigenvalue weighted by atomic mass is 9.47. The fraction of sp³-hybridized carbons (Fsp3) is 0.750. The van der Waals surface area contributed by atoms with Crippen LogP contribution in [0.25, 0.3) is 0 Å². The second kappa shape index (κ2) is 4.32. The first-order chi connectivity index (χ1) is 9.06. The van der Waals surface area contributed by atoms with Crippen LogP contribution in [0.15, 0.2) is 10.5 Å². The van der Waals surface area contributed by atoms with Gasteiger partial charge in [0.05, 0.1) is 0 Å². The number of thiophene rings is 1. The number of hydrogen-bond acceptors (Lipinski definition) is 2. The molecule has 1 unspecified atom stereocenters. The van der Waals surface area contributed by atoms with Gasteiger partial charge in [-0.3, -0.25) is 0 Å². The minimum atomic E-state index is 0.274. The van der Waals surface area contributed by atoms with Crippen LogP contribution in [0.2, 0.25) is 0 Å². The minimum Gasteiger partial charge on any atom is -0.323 e. The number of nitrogens with two attached hydrogens (primary N) is 1. The molecule has 1 aromatic heterocycles. The molecule has 104 valence electrons. The summed E-state index contributed by atoms with van der Waals surface area (Å²) in [6, 6.07) is 2.55. The lowest BCUT2D eigenvalue weighted by Gasteiger charge is -2.58. The van der Waals surface area contributed by atoms with Gasteiger partial charge in [-0.05, 0) is 90.6 Å². The van der Waals surface area contributed by atoms with Crippen molar-refractivity contribution >= 4 is 27.3 Å². The predicted octanol–water partition coefficient (Wildman–Crippen LogP) is 5.04. The zero-order chi connectivity index (χ0) is 13.2. The third-order valence-corrected chi connectivity index (χ3v) is 8.15. The lowest BCUT2D eigenvalue weighted by Crippen LogP contribution is -2.50. The van der Waals surface area contributed by atoms with Crippen LogP contribution in [0.1, 0.15) is 54.3 Å². The molecule has 4 fully saturated rings. The van der Waals surface area contributed by atoms with Crippen LogP contribution in [-0.2, 0) is 0 Å². The SMILES string of the molecule is Cc1sc(C(N)C23CC4CC(CC(C4)C2)C3)cc1Br. The fourth-order valence-corrected chi connectivity index (χ4v) is 7.20. The van der Waals surface area contributed by atoms with Gasteiger partial charge in [-0.15, -0.1) is 11.3 Å². The number of hydrogen-bond donors (Lipinski definition) is 1. The summed E-state index contributed by atoms with van der Waals surface area (Å²) in [7, 11) is 0. The Labute approximate surface area is 128 Å². The molecule has 1 atom stereocenters. The summed E-state index contributed by atoms with van der Waals surface area (Å²) in [5.74, 6) is 2.96. The maximum absolute atomic E-state index is 6.77. The van der Waals surface area contributed by atoms with Gasteiger partial charge in [-0.2, -0.15) is 0 Å². The van der Waals surface area contributed by atoms with Crippen LogP contribution in [0, 0.1) is 30.1 Å². The zero-order valence-corrected chi connectivity index (χ0v) is 13.9. The van der Waals surface area contributed by atoms with Gasteiger partial charge in [0.15, 0.2) is 0 Å². The second-order valence-corrected chi connectivity index (χ2v) is 9.45. The van der Waals surface area contributed by atoms with Crippen molar-refractivity contribution in [3.63, 3.8) is 0 Å². The van der Waals surface area contributed by atoms with Crippen LogP contribution in [0.3, 0.4) is 0 Å². The molecule has 2 N–H and O–H groups in total. The van der Waals surface area contributed by atoms with Crippen molar-refractivity contribution in [3.8, 4) is 0 Å². The molecule has 5 rings (SSSR count). The molecule has 1 heterocycles. The van der Waals surface area contributed by atoms with Gasteiger partial charge in [-0.25, -0.2) is 0 Å². The van der Waals surface area contributed by atoms with E-state index >= 15 is 0 Å². The molecule has 4 saturated carbocycles. The number of rotatable bonds is 2. The van der Waals surface area contributed by atoms with E-state index < -0.39 is 0 Å².